The Bertz CT molecular complexity index is 1190. The summed E-state index contributed by atoms with van der Waals surface area (Å²) in [6.45, 7) is 2.23. The van der Waals surface area contributed by atoms with E-state index in [1.807, 2.05) is 61.5 Å². The number of nitrogens with one attached hydrogen (secondary N) is 1. The molecule has 0 atom stereocenters. The maximum Gasteiger partial charge on any atom is 0.244 e. The fourth-order valence-corrected chi connectivity index (χ4v) is 3.65. The molecule has 33 heavy (non-hydrogen) atoms. The largest absolute Gasteiger partial charge is 0.497 e. The van der Waals surface area contributed by atoms with E-state index in [1.165, 1.54) is 4.90 Å². The fourth-order valence-electron chi connectivity index (χ4n) is 3.65. The van der Waals surface area contributed by atoms with Gasteiger partial charge in [0.1, 0.15) is 18.0 Å². The lowest BCUT2D eigenvalue weighted by Gasteiger charge is -2.22. The van der Waals surface area contributed by atoms with E-state index in [9.17, 15) is 9.59 Å². The molecule has 0 radical (unpaired) electrons. The quantitative estimate of drug-likeness (QED) is 0.579. The minimum atomic E-state index is -0.321. The van der Waals surface area contributed by atoms with E-state index in [0.717, 1.165) is 11.3 Å². The molecule has 0 bridgehead atoms. The number of methoxy groups -OCH3 is 1. The van der Waals surface area contributed by atoms with Gasteiger partial charge < -0.3 is 19.7 Å². The van der Waals surface area contributed by atoms with E-state index < -0.39 is 0 Å². The summed E-state index contributed by atoms with van der Waals surface area (Å²) in [5, 5.41) is 2.86. The van der Waals surface area contributed by atoms with Crippen molar-refractivity contribution in [1.29, 1.82) is 0 Å². The van der Waals surface area contributed by atoms with Gasteiger partial charge in [-0.1, -0.05) is 24.3 Å². The standard InChI is InChI=1S/C26H25N3O4/c1-3-33-24-11-7-5-9-21(24)28-25(30)17-29-23-10-6-4-8-20(23)27-22(16-26(29)31)18-12-14-19(32-2)15-13-18/h4-15H,3,16-17H2,1-2H3,(H,28,30). The number of hydrogen-bond donors (Lipinski definition) is 1. The second-order valence-corrected chi connectivity index (χ2v) is 7.41. The molecule has 7 nitrogen and oxygen atoms in total. The number of anilines is 2. The molecule has 2 amide bonds. The Hall–Kier alpha value is -4.13. The van der Waals surface area contributed by atoms with Crippen LogP contribution < -0.4 is 19.7 Å². The number of benzene rings is 3. The molecule has 7 heteroatoms. The van der Waals surface area contributed by atoms with Crippen molar-refractivity contribution < 1.29 is 19.1 Å². The van der Waals surface area contributed by atoms with Crippen LogP contribution in [0.15, 0.2) is 77.8 Å². The van der Waals surface area contributed by atoms with Crippen LogP contribution in [0.2, 0.25) is 0 Å². The Morgan fingerprint density at radius 3 is 2.52 bits per heavy atom. The van der Waals surface area contributed by atoms with Crippen molar-refractivity contribution in [3.8, 4) is 11.5 Å². The first-order chi connectivity index (χ1) is 16.1. The Morgan fingerprint density at radius 1 is 1.03 bits per heavy atom. The molecule has 0 fully saturated rings. The topological polar surface area (TPSA) is 80.2 Å². The summed E-state index contributed by atoms with van der Waals surface area (Å²) >= 11 is 0. The zero-order chi connectivity index (χ0) is 23.2. The molecule has 0 saturated heterocycles. The third-order valence-electron chi connectivity index (χ3n) is 5.23. The van der Waals surface area contributed by atoms with E-state index >= 15 is 0 Å². The zero-order valence-corrected chi connectivity index (χ0v) is 18.6. The molecule has 0 aromatic heterocycles. The summed E-state index contributed by atoms with van der Waals surface area (Å²) in [5.74, 6) is 0.785. The van der Waals surface area contributed by atoms with E-state index in [-0.39, 0.29) is 24.8 Å². The molecule has 1 N–H and O–H groups in total. The lowest BCUT2D eigenvalue weighted by atomic mass is 10.1. The number of rotatable bonds is 7. The predicted molar refractivity (Wildman–Crippen MR) is 129 cm³/mol. The molecular formula is C26H25N3O4. The van der Waals surface area contributed by atoms with Crippen LogP contribution in [0, 0.1) is 0 Å². The molecule has 1 aliphatic heterocycles. The summed E-state index contributed by atoms with van der Waals surface area (Å²) < 4.78 is 10.8. The lowest BCUT2D eigenvalue weighted by Crippen LogP contribution is -2.38. The number of hydrogen-bond acceptors (Lipinski definition) is 5. The van der Waals surface area contributed by atoms with E-state index in [2.05, 4.69) is 5.32 Å². The average Bonchev–Trinajstić information content (AvgIpc) is 2.97. The Kier molecular flexibility index (Phi) is 6.69. The highest BCUT2D eigenvalue weighted by Gasteiger charge is 2.27. The van der Waals surface area contributed by atoms with Crippen LogP contribution in [0.25, 0.3) is 0 Å². The lowest BCUT2D eigenvalue weighted by molar-refractivity contribution is -0.120. The Balaban J connectivity index is 1.58. The minimum absolute atomic E-state index is 0.0732. The number of ether oxygens (including phenoxy) is 2. The maximum absolute atomic E-state index is 13.3. The molecular weight excluding hydrogens is 418 g/mol. The van der Waals surface area contributed by atoms with Crippen molar-refractivity contribution in [1.82, 2.24) is 0 Å². The molecule has 0 aliphatic carbocycles. The highest BCUT2D eigenvalue weighted by molar-refractivity contribution is 6.19. The van der Waals surface area contributed by atoms with Crippen molar-refractivity contribution in [2.75, 3.05) is 30.5 Å². The highest BCUT2D eigenvalue weighted by Crippen LogP contribution is 2.33. The number of carbonyl (C=O) groups is 2. The van der Waals surface area contributed by atoms with Crippen LogP contribution in [0.3, 0.4) is 0 Å². The molecule has 0 saturated carbocycles. The first kappa shape index (κ1) is 22.1. The van der Waals surface area contributed by atoms with Gasteiger partial charge in [-0.15, -0.1) is 0 Å². The first-order valence-electron chi connectivity index (χ1n) is 10.7. The summed E-state index contributed by atoms with van der Waals surface area (Å²) in [6.07, 6.45) is 0.0732. The normalized spacial score (nSPS) is 13.0. The van der Waals surface area contributed by atoms with Crippen molar-refractivity contribution in [3.63, 3.8) is 0 Å². The summed E-state index contributed by atoms with van der Waals surface area (Å²) in [7, 11) is 1.60. The van der Waals surface area contributed by atoms with E-state index in [0.29, 0.717) is 35.1 Å². The van der Waals surface area contributed by atoms with Crippen molar-refractivity contribution in [2.45, 2.75) is 13.3 Å². The number of amides is 2. The van der Waals surface area contributed by atoms with Crippen LogP contribution in [-0.4, -0.2) is 37.8 Å². The van der Waals surface area contributed by atoms with Crippen LogP contribution in [0.1, 0.15) is 18.9 Å². The average molecular weight is 444 g/mol. The van der Waals surface area contributed by atoms with Crippen LogP contribution in [0.5, 0.6) is 11.5 Å². The summed E-state index contributed by atoms with van der Waals surface area (Å²) in [6, 6.07) is 22.0. The van der Waals surface area contributed by atoms with Gasteiger partial charge in [0.15, 0.2) is 0 Å². The summed E-state index contributed by atoms with van der Waals surface area (Å²) in [5.41, 5.74) is 3.27. The SMILES string of the molecule is CCOc1ccccc1NC(=O)CN1C(=O)CC(c2ccc(OC)cc2)=Nc2ccccc21. The number of aliphatic imine (C=N–C) groups is 1. The van der Waals surface area contributed by atoms with Gasteiger partial charge in [-0.3, -0.25) is 14.6 Å². The Labute approximate surface area is 192 Å². The summed E-state index contributed by atoms with van der Waals surface area (Å²) in [4.78, 5) is 32.4. The number of fused-ring (bicyclic) bond motifs is 1. The van der Waals surface area contributed by atoms with E-state index in [4.69, 9.17) is 14.5 Å². The smallest absolute Gasteiger partial charge is 0.244 e. The van der Waals surface area contributed by atoms with Crippen molar-refractivity contribution >= 4 is 34.6 Å². The monoisotopic (exact) mass is 443 g/mol. The number of carbonyl (C=O) groups excluding carboxylic acids is 2. The van der Waals surface area contributed by atoms with Gasteiger partial charge in [0.25, 0.3) is 0 Å². The highest BCUT2D eigenvalue weighted by atomic mass is 16.5. The van der Waals surface area contributed by atoms with Gasteiger partial charge in [-0.25, -0.2) is 0 Å². The molecule has 168 valence electrons. The van der Waals surface area contributed by atoms with Gasteiger partial charge in [0, 0.05) is 0 Å². The van der Waals surface area contributed by atoms with Crippen molar-refractivity contribution in [2.24, 2.45) is 4.99 Å². The minimum Gasteiger partial charge on any atom is -0.497 e. The number of para-hydroxylation sites is 4. The predicted octanol–water partition coefficient (Wildman–Crippen LogP) is 4.59. The molecule has 3 aromatic rings. The third kappa shape index (κ3) is 5.03. The number of nitrogens with zero attached hydrogens (tertiary/aromatic N) is 2. The zero-order valence-electron chi connectivity index (χ0n) is 18.6. The molecule has 3 aromatic carbocycles. The molecule has 1 heterocycles. The molecule has 1 aliphatic rings. The third-order valence-corrected chi connectivity index (χ3v) is 5.23. The van der Waals surface area contributed by atoms with Gasteiger partial charge in [0.05, 0.1) is 42.9 Å². The van der Waals surface area contributed by atoms with Gasteiger partial charge in [-0.2, -0.15) is 0 Å². The first-order valence-corrected chi connectivity index (χ1v) is 10.7. The molecule has 4 rings (SSSR count). The molecule has 0 spiro atoms. The second kappa shape index (κ2) is 9.99. The maximum atomic E-state index is 13.3. The molecule has 0 unspecified atom stereocenters. The fraction of sp³-hybridized carbons (Fsp3) is 0.192. The van der Waals surface area contributed by atoms with Crippen molar-refractivity contribution in [3.05, 3.63) is 78.4 Å². The van der Waals surface area contributed by atoms with Gasteiger partial charge >= 0.3 is 0 Å². The van der Waals surface area contributed by atoms with E-state index in [1.54, 1.807) is 25.3 Å². The Morgan fingerprint density at radius 2 is 1.76 bits per heavy atom. The van der Waals surface area contributed by atoms with Crippen LogP contribution in [-0.2, 0) is 9.59 Å². The van der Waals surface area contributed by atoms with Gasteiger partial charge in [-0.05, 0) is 61.0 Å². The van der Waals surface area contributed by atoms with Gasteiger partial charge in [0.2, 0.25) is 11.8 Å². The van der Waals surface area contributed by atoms with Crippen LogP contribution >= 0.6 is 0 Å². The van der Waals surface area contributed by atoms with Crippen LogP contribution in [0.4, 0.5) is 17.1 Å². The second-order valence-electron chi connectivity index (χ2n) is 7.41.